The second-order valence-electron chi connectivity index (χ2n) is 5.12. The Bertz CT molecular complexity index is 791. The van der Waals surface area contributed by atoms with Crippen molar-refractivity contribution in [1.82, 2.24) is 19.9 Å². The van der Waals surface area contributed by atoms with Crippen LogP contribution in [0.5, 0.6) is 0 Å². The maximum Gasteiger partial charge on any atom is 0.142 e. The van der Waals surface area contributed by atoms with Crippen molar-refractivity contribution in [1.29, 1.82) is 0 Å². The van der Waals surface area contributed by atoms with Gasteiger partial charge in [0.05, 0.1) is 5.39 Å². The number of anilines is 1. The Morgan fingerprint density at radius 3 is 3.10 bits per heavy atom. The lowest BCUT2D eigenvalue weighted by Crippen LogP contribution is -2.30. The molecule has 0 amide bonds. The average molecular weight is 277 g/mol. The van der Waals surface area contributed by atoms with E-state index in [2.05, 4.69) is 37.0 Å². The minimum Gasteiger partial charge on any atom is -0.351 e. The molecule has 0 saturated heterocycles. The molecule has 4 heterocycles. The van der Waals surface area contributed by atoms with E-state index in [9.17, 15) is 0 Å². The number of H-pyrrole nitrogens is 1. The molecule has 0 saturated carbocycles. The number of nitrogens with one attached hydrogen (secondary N) is 1. The Hall–Kier alpha value is -2.69. The molecule has 0 atom stereocenters. The van der Waals surface area contributed by atoms with Gasteiger partial charge in [0.1, 0.15) is 17.8 Å². The number of pyridine rings is 1. The number of hydrogen-bond donors (Lipinski definition) is 1. The lowest BCUT2D eigenvalue weighted by Gasteiger charge is -2.28. The van der Waals surface area contributed by atoms with E-state index in [4.69, 9.17) is 0 Å². The van der Waals surface area contributed by atoms with Crippen LogP contribution in [0.4, 0.5) is 5.82 Å². The molecule has 1 aliphatic rings. The normalized spacial score (nSPS) is 15.2. The molecular weight excluding hydrogens is 262 g/mol. The number of hydrogen-bond acceptors (Lipinski definition) is 4. The van der Waals surface area contributed by atoms with E-state index < -0.39 is 0 Å². The molecule has 0 spiro atoms. The molecule has 21 heavy (non-hydrogen) atoms. The SMILES string of the molecule is C1=C(c2cccnc2)CN(c2ncnc3[nH]ccc23)CC1. The molecule has 1 aliphatic heterocycles. The van der Waals surface area contributed by atoms with Crippen molar-refractivity contribution in [2.24, 2.45) is 0 Å². The van der Waals surface area contributed by atoms with Crippen LogP contribution >= 0.6 is 0 Å². The van der Waals surface area contributed by atoms with E-state index >= 15 is 0 Å². The molecule has 0 unspecified atom stereocenters. The van der Waals surface area contributed by atoms with E-state index in [1.807, 2.05) is 24.5 Å². The van der Waals surface area contributed by atoms with Gasteiger partial charge in [0.2, 0.25) is 0 Å². The van der Waals surface area contributed by atoms with Crippen LogP contribution in [0.1, 0.15) is 12.0 Å². The molecule has 5 nitrogen and oxygen atoms in total. The highest BCUT2D eigenvalue weighted by Crippen LogP contribution is 2.27. The van der Waals surface area contributed by atoms with E-state index in [-0.39, 0.29) is 0 Å². The Labute approximate surface area is 122 Å². The van der Waals surface area contributed by atoms with Gasteiger partial charge in [0, 0.05) is 31.7 Å². The lowest BCUT2D eigenvalue weighted by atomic mass is 10.0. The molecule has 104 valence electrons. The molecule has 0 radical (unpaired) electrons. The summed E-state index contributed by atoms with van der Waals surface area (Å²) in [5.41, 5.74) is 3.37. The second-order valence-corrected chi connectivity index (χ2v) is 5.12. The van der Waals surface area contributed by atoms with Crippen molar-refractivity contribution in [3.63, 3.8) is 0 Å². The molecule has 0 fully saturated rings. The number of fused-ring (bicyclic) bond motifs is 1. The highest BCUT2D eigenvalue weighted by atomic mass is 15.2. The number of aromatic nitrogens is 4. The Kier molecular flexibility index (Phi) is 2.88. The molecule has 0 bridgehead atoms. The molecule has 4 rings (SSSR count). The highest BCUT2D eigenvalue weighted by Gasteiger charge is 2.18. The van der Waals surface area contributed by atoms with Crippen LogP contribution in [0.2, 0.25) is 0 Å². The molecule has 3 aromatic rings. The lowest BCUT2D eigenvalue weighted by molar-refractivity contribution is 0.817. The van der Waals surface area contributed by atoms with Gasteiger partial charge in [0.25, 0.3) is 0 Å². The largest absolute Gasteiger partial charge is 0.351 e. The predicted octanol–water partition coefficient (Wildman–Crippen LogP) is 2.65. The Morgan fingerprint density at radius 2 is 2.19 bits per heavy atom. The number of nitrogens with zero attached hydrogens (tertiary/aromatic N) is 4. The van der Waals surface area contributed by atoms with Crippen LogP contribution in [0.15, 0.2) is 49.2 Å². The van der Waals surface area contributed by atoms with Gasteiger partial charge < -0.3 is 9.88 Å². The van der Waals surface area contributed by atoms with Crippen molar-refractivity contribution in [3.8, 4) is 0 Å². The van der Waals surface area contributed by atoms with Crippen LogP contribution < -0.4 is 4.90 Å². The first-order valence-corrected chi connectivity index (χ1v) is 7.04. The van der Waals surface area contributed by atoms with Gasteiger partial charge in [0.15, 0.2) is 0 Å². The van der Waals surface area contributed by atoms with E-state index in [0.717, 1.165) is 36.4 Å². The minimum absolute atomic E-state index is 0.850. The van der Waals surface area contributed by atoms with Crippen molar-refractivity contribution >= 4 is 22.4 Å². The molecule has 3 aromatic heterocycles. The summed E-state index contributed by atoms with van der Waals surface area (Å²) in [7, 11) is 0. The summed E-state index contributed by atoms with van der Waals surface area (Å²) in [5, 5.41) is 1.07. The second kappa shape index (κ2) is 5.01. The summed E-state index contributed by atoms with van der Waals surface area (Å²) in [6.45, 7) is 1.82. The maximum absolute atomic E-state index is 4.48. The van der Waals surface area contributed by atoms with Gasteiger partial charge in [-0.05, 0) is 29.7 Å². The van der Waals surface area contributed by atoms with Gasteiger partial charge in [-0.3, -0.25) is 4.98 Å². The third-order valence-electron chi connectivity index (χ3n) is 3.82. The molecule has 0 aromatic carbocycles. The summed E-state index contributed by atoms with van der Waals surface area (Å²) in [4.78, 5) is 18.4. The molecule has 5 heteroatoms. The smallest absolute Gasteiger partial charge is 0.142 e. The van der Waals surface area contributed by atoms with Crippen molar-refractivity contribution < 1.29 is 0 Å². The molecule has 0 aliphatic carbocycles. The fourth-order valence-electron chi connectivity index (χ4n) is 2.80. The van der Waals surface area contributed by atoms with Crippen LogP contribution in [-0.2, 0) is 0 Å². The van der Waals surface area contributed by atoms with E-state index in [1.54, 1.807) is 12.5 Å². The van der Waals surface area contributed by atoms with Crippen LogP contribution in [0, 0.1) is 0 Å². The maximum atomic E-state index is 4.48. The summed E-state index contributed by atoms with van der Waals surface area (Å²) < 4.78 is 0. The zero-order valence-electron chi connectivity index (χ0n) is 11.5. The average Bonchev–Trinajstić information content (AvgIpc) is 3.04. The summed E-state index contributed by atoms with van der Waals surface area (Å²) in [6, 6.07) is 6.12. The van der Waals surface area contributed by atoms with Gasteiger partial charge >= 0.3 is 0 Å². The van der Waals surface area contributed by atoms with Gasteiger partial charge in [-0.2, -0.15) is 0 Å². The van der Waals surface area contributed by atoms with Crippen molar-refractivity contribution in [2.45, 2.75) is 6.42 Å². The monoisotopic (exact) mass is 277 g/mol. The zero-order chi connectivity index (χ0) is 14.1. The van der Waals surface area contributed by atoms with Crippen molar-refractivity contribution in [3.05, 3.63) is 54.8 Å². The highest BCUT2D eigenvalue weighted by molar-refractivity contribution is 5.88. The fourth-order valence-corrected chi connectivity index (χ4v) is 2.80. The predicted molar refractivity (Wildman–Crippen MR) is 82.9 cm³/mol. The molecule has 1 N–H and O–H groups in total. The van der Waals surface area contributed by atoms with E-state index in [0.29, 0.717) is 0 Å². The van der Waals surface area contributed by atoms with Crippen LogP contribution in [-0.4, -0.2) is 33.0 Å². The van der Waals surface area contributed by atoms with Gasteiger partial charge in [-0.15, -0.1) is 0 Å². The Balaban J connectivity index is 1.69. The standard InChI is InChI=1S/C16H15N5/c1-3-12(9-17-6-1)13-4-2-8-21(10-13)16-14-5-7-18-15(14)19-11-20-16/h1,3-7,9,11H,2,8,10H2,(H,18,19,20). The third kappa shape index (κ3) is 2.16. The Morgan fingerprint density at radius 1 is 1.19 bits per heavy atom. The van der Waals surface area contributed by atoms with E-state index in [1.165, 1.54) is 11.1 Å². The van der Waals surface area contributed by atoms with Gasteiger partial charge in [-0.25, -0.2) is 9.97 Å². The number of rotatable bonds is 2. The van der Waals surface area contributed by atoms with Crippen molar-refractivity contribution in [2.75, 3.05) is 18.0 Å². The third-order valence-corrected chi connectivity index (χ3v) is 3.82. The fraction of sp³-hybridized carbons (Fsp3) is 0.188. The first kappa shape index (κ1) is 12.1. The zero-order valence-corrected chi connectivity index (χ0v) is 11.5. The number of aromatic amines is 1. The first-order chi connectivity index (χ1) is 10.4. The minimum atomic E-state index is 0.850. The van der Waals surface area contributed by atoms with Gasteiger partial charge in [-0.1, -0.05) is 12.1 Å². The van der Waals surface area contributed by atoms with Crippen LogP contribution in [0.3, 0.4) is 0 Å². The topological polar surface area (TPSA) is 57.7 Å². The van der Waals surface area contributed by atoms with Crippen LogP contribution in [0.25, 0.3) is 16.6 Å². The summed E-state index contributed by atoms with van der Waals surface area (Å²) >= 11 is 0. The summed E-state index contributed by atoms with van der Waals surface area (Å²) in [5.74, 6) is 0.996. The quantitative estimate of drug-likeness (QED) is 0.782. The molecular formula is C16H15N5. The summed E-state index contributed by atoms with van der Waals surface area (Å²) in [6.07, 6.45) is 10.6. The first-order valence-electron chi connectivity index (χ1n) is 7.04.